The molecule has 0 saturated carbocycles. The molecule has 0 aromatic carbocycles. The minimum Gasteiger partial charge on any atom is -0.382 e. The minimum atomic E-state index is -0.0692. The highest BCUT2D eigenvalue weighted by molar-refractivity contribution is 5.73. The summed E-state index contributed by atoms with van der Waals surface area (Å²) in [6.45, 7) is 9.23. The number of carbonyl (C=O) groups is 1. The summed E-state index contributed by atoms with van der Waals surface area (Å²) in [5.74, 6) is 0.705. The van der Waals surface area contributed by atoms with Crippen LogP contribution in [-0.2, 0) is 4.74 Å². The molecule has 96 valence electrons. The molecule has 0 aliphatic rings. The smallest absolute Gasteiger partial charge is 0.314 e. The Morgan fingerprint density at radius 3 is 2.38 bits per heavy atom. The van der Waals surface area contributed by atoms with Crippen LogP contribution < -0.4 is 10.6 Å². The third kappa shape index (κ3) is 11.3. The largest absolute Gasteiger partial charge is 0.382 e. The van der Waals surface area contributed by atoms with Gasteiger partial charge in [0.25, 0.3) is 0 Å². The van der Waals surface area contributed by atoms with Crippen LogP contribution in [0.5, 0.6) is 0 Å². The molecule has 0 fully saturated rings. The average molecular weight is 230 g/mol. The molecule has 2 N–H and O–H groups in total. The summed E-state index contributed by atoms with van der Waals surface area (Å²) < 4.78 is 5.17. The molecule has 0 bridgehead atoms. The van der Waals surface area contributed by atoms with E-state index in [-0.39, 0.29) is 6.03 Å². The van der Waals surface area contributed by atoms with Gasteiger partial charge in [0.05, 0.1) is 0 Å². The standard InChI is InChI=1S/C12H26N2O2/c1-4-16-10-6-9-14-12(15)13-8-5-7-11(2)3/h11H,4-10H2,1-3H3,(H2,13,14,15). The third-order valence-electron chi connectivity index (χ3n) is 2.20. The Morgan fingerprint density at radius 1 is 1.19 bits per heavy atom. The lowest BCUT2D eigenvalue weighted by atomic mass is 10.1. The molecule has 16 heavy (non-hydrogen) atoms. The van der Waals surface area contributed by atoms with E-state index in [9.17, 15) is 4.79 Å². The molecule has 0 spiro atoms. The van der Waals surface area contributed by atoms with E-state index in [0.29, 0.717) is 19.1 Å². The molecule has 0 heterocycles. The molecule has 4 nitrogen and oxygen atoms in total. The molecular weight excluding hydrogens is 204 g/mol. The Bertz CT molecular complexity index is 172. The second kappa shape index (κ2) is 10.7. The molecule has 0 aromatic heterocycles. The maximum Gasteiger partial charge on any atom is 0.314 e. The normalized spacial score (nSPS) is 10.5. The number of amides is 2. The van der Waals surface area contributed by atoms with Gasteiger partial charge < -0.3 is 15.4 Å². The van der Waals surface area contributed by atoms with Gasteiger partial charge in [0.1, 0.15) is 0 Å². The summed E-state index contributed by atoms with van der Waals surface area (Å²) in [7, 11) is 0. The lowest BCUT2D eigenvalue weighted by Gasteiger charge is -2.08. The summed E-state index contributed by atoms with van der Waals surface area (Å²) >= 11 is 0. The van der Waals surface area contributed by atoms with Gasteiger partial charge >= 0.3 is 6.03 Å². The maximum absolute atomic E-state index is 11.3. The van der Waals surface area contributed by atoms with Gasteiger partial charge in [-0.25, -0.2) is 4.79 Å². The highest BCUT2D eigenvalue weighted by Crippen LogP contribution is 2.01. The first-order valence-corrected chi connectivity index (χ1v) is 6.26. The summed E-state index contributed by atoms with van der Waals surface area (Å²) in [6.07, 6.45) is 3.07. The first-order chi connectivity index (χ1) is 7.66. The van der Waals surface area contributed by atoms with Gasteiger partial charge in [0.15, 0.2) is 0 Å². The van der Waals surface area contributed by atoms with Crippen molar-refractivity contribution < 1.29 is 9.53 Å². The van der Waals surface area contributed by atoms with Crippen molar-refractivity contribution in [1.29, 1.82) is 0 Å². The topological polar surface area (TPSA) is 50.4 Å². The van der Waals surface area contributed by atoms with E-state index in [1.54, 1.807) is 0 Å². The molecule has 2 amide bonds. The van der Waals surface area contributed by atoms with Crippen LogP contribution in [0.3, 0.4) is 0 Å². The third-order valence-corrected chi connectivity index (χ3v) is 2.20. The van der Waals surface area contributed by atoms with Gasteiger partial charge in [-0.3, -0.25) is 0 Å². The zero-order valence-corrected chi connectivity index (χ0v) is 10.8. The van der Waals surface area contributed by atoms with Crippen LogP contribution in [-0.4, -0.2) is 32.3 Å². The van der Waals surface area contributed by atoms with Gasteiger partial charge in [-0.2, -0.15) is 0 Å². The number of ether oxygens (including phenoxy) is 1. The summed E-state index contributed by atoms with van der Waals surface area (Å²) in [6, 6.07) is -0.0692. The number of urea groups is 1. The number of rotatable bonds is 9. The predicted octanol–water partition coefficient (Wildman–Crippen LogP) is 2.15. The first kappa shape index (κ1) is 15.2. The highest BCUT2D eigenvalue weighted by Gasteiger charge is 1.99. The lowest BCUT2D eigenvalue weighted by molar-refractivity contribution is 0.145. The first-order valence-electron chi connectivity index (χ1n) is 6.26. The van der Waals surface area contributed by atoms with E-state index in [2.05, 4.69) is 24.5 Å². The second-order valence-electron chi connectivity index (χ2n) is 4.27. The summed E-state index contributed by atoms with van der Waals surface area (Å²) in [4.78, 5) is 11.3. The number of carbonyl (C=O) groups excluding carboxylic acids is 1. The van der Waals surface area contributed by atoms with Crippen molar-refractivity contribution in [2.45, 2.75) is 40.0 Å². The van der Waals surface area contributed by atoms with E-state index in [1.165, 1.54) is 0 Å². The van der Waals surface area contributed by atoms with E-state index in [1.807, 2.05) is 6.92 Å². The van der Waals surface area contributed by atoms with Crippen molar-refractivity contribution in [3.05, 3.63) is 0 Å². The Balaban J connectivity index is 3.18. The van der Waals surface area contributed by atoms with Gasteiger partial charge in [0.2, 0.25) is 0 Å². The Hall–Kier alpha value is -0.770. The van der Waals surface area contributed by atoms with Crippen molar-refractivity contribution in [1.82, 2.24) is 10.6 Å². The molecule has 0 aliphatic carbocycles. The van der Waals surface area contributed by atoms with E-state index in [4.69, 9.17) is 4.74 Å². The van der Waals surface area contributed by atoms with Gasteiger partial charge in [-0.1, -0.05) is 13.8 Å². The molecule has 0 rings (SSSR count). The van der Waals surface area contributed by atoms with Crippen molar-refractivity contribution in [2.24, 2.45) is 5.92 Å². The quantitative estimate of drug-likeness (QED) is 0.596. The van der Waals surface area contributed by atoms with Crippen LogP contribution in [0, 0.1) is 5.92 Å². The molecule has 0 saturated heterocycles. The van der Waals surface area contributed by atoms with Crippen LogP contribution in [0.2, 0.25) is 0 Å². The van der Waals surface area contributed by atoms with Crippen LogP contribution >= 0.6 is 0 Å². The van der Waals surface area contributed by atoms with E-state index >= 15 is 0 Å². The summed E-state index contributed by atoms with van der Waals surface area (Å²) in [5.41, 5.74) is 0. The van der Waals surface area contributed by atoms with E-state index in [0.717, 1.165) is 32.4 Å². The summed E-state index contributed by atoms with van der Waals surface area (Å²) in [5, 5.41) is 5.64. The van der Waals surface area contributed by atoms with Crippen LogP contribution in [0.25, 0.3) is 0 Å². The molecule has 4 heteroatoms. The van der Waals surface area contributed by atoms with Crippen molar-refractivity contribution in [2.75, 3.05) is 26.3 Å². The van der Waals surface area contributed by atoms with Crippen molar-refractivity contribution >= 4 is 6.03 Å². The van der Waals surface area contributed by atoms with Gasteiger partial charge in [0, 0.05) is 26.3 Å². The molecule has 0 unspecified atom stereocenters. The number of hydrogen-bond donors (Lipinski definition) is 2. The Morgan fingerprint density at radius 2 is 1.81 bits per heavy atom. The fourth-order valence-corrected chi connectivity index (χ4v) is 1.30. The fourth-order valence-electron chi connectivity index (χ4n) is 1.30. The predicted molar refractivity (Wildman–Crippen MR) is 66.6 cm³/mol. The SMILES string of the molecule is CCOCCCNC(=O)NCCCC(C)C. The maximum atomic E-state index is 11.3. The zero-order valence-electron chi connectivity index (χ0n) is 10.8. The molecule has 0 aliphatic heterocycles. The van der Waals surface area contributed by atoms with Crippen LogP contribution in [0.1, 0.15) is 40.0 Å². The molecule has 0 atom stereocenters. The Labute approximate surface area is 99.1 Å². The van der Waals surface area contributed by atoms with Crippen LogP contribution in [0.4, 0.5) is 4.79 Å². The fraction of sp³-hybridized carbons (Fsp3) is 0.917. The van der Waals surface area contributed by atoms with Crippen molar-refractivity contribution in [3.8, 4) is 0 Å². The monoisotopic (exact) mass is 230 g/mol. The molecular formula is C12H26N2O2. The van der Waals surface area contributed by atoms with Crippen LogP contribution in [0.15, 0.2) is 0 Å². The average Bonchev–Trinajstić information content (AvgIpc) is 2.24. The van der Waals surface area contributed by atoms with Gasteiger partial charge in [-0.15, -0.1) is 0 Å². The van der Waals surface area contributed by atoms with E-state index < -0.39 is 0 Å². The Kier molecular flexibility index (Phi) is 10.2. The number of nitrogens with one attached hydrogen (secondary N) is 2. The minimum absolute atomic E-state index is 0.0692. The zero-order chi connectivity index (χ0) is 12.2. The highest BCUT2D eigenvalue weighted by atomic mass is 16.5. The lowest BCUT2D eigenvalue weighted by Crippen LogP contribution is -2.36. The molecule has 0 aromatic rings. The number of hydrogen-bond acceptors (Lipinski definition) is 2. The molecule has 0 radical (unpaired) electrons. The second-order valence-corrected chi connectivity index (χ2v) is 4.27. The van der Waals surface area contributed by atoms with Crippen molar-refractivity contribution in [3.63, 3.8) is 0 Å². The van der Waals surface area contributed by atoms with Gasteiger partial charge in [-0.05, 0) is 32.1 Å².